The van der Waals surface area contributed by atoms with Gasteiger partial charge in [0.05, 0.1) is 16.1 Å². The van der Waals surface area contributed by atoms with E-state index in [1.807, 2.05) is 4.57 Å². The van der Waals surface area contributed by atoms with E-state index in [0.29, 0.717) is 11.5 Å². The van der Waals surface area contributed by atoms with Crippen molar-refractivity contribution < 1.29 is 4.39 Å². The lowest BCUT2D eigenvalue weighted by atomic mass is 10.3. The molecule has 2 N–H and O–H groups in total. The Bertz CT molecular complexity index is 604. The zero-order valence-corrected chi connectivity index (χ0v) is 11.3. The van der Waals surface area contributed by atoms with E-state index in [0.717, 1.165) is 31.7 Å². The second-order valence-electron chi connectivity index (χ2n) is 4.93. The number of rotatable bonds is 3. The van der Waals surface area contributed by atoms with Crippen molar-refractivity contribution >= 4 is 28.6 Å². The zero-order chi connectivity index (χ0) is 13.4. The molecule has 2 aromatic rings. The molecular formula is C13H16ClFN4. The molecule has 102 valence electrons. The van der Waals surface area contributed by atoms with E-state index < -0.39 is 5.82 Å². The molecule has 0 bridgehead atoms. The van der Waals surface area contributed by atoms with Crippen LogP contribution in [-0.4, -0.2) is 34.1 Å². The van der Waals surface area contributed by atoms with Crippen molar-refractivity contribution in [2.24, 2.45) is 0 Å². The number of benzene rings is 1. The second-order valence-corrected chi connectivity index (χ2v) is 5.33. The minimum Gasteiger partial charge on any atom is -0.369 e. The number of halogens is 2. The van der Waals surface area contributed by atoms with Gasteiger partial charge >= 0.3 is 0 Å². The third kappa shape index (κ3) is 2.40. The van der Waals surface area contributed by atoms with E-state index in [2.05, 4.69) is 9.88 Å². The number of aromatic nitrogens is 2. The molecule has 0 unspecified atom stereocenters. The van der Waals surface area contributed by atoms with Crippen LogP contribution in [0.5, 0.6) is 0 Å². The molecule has 1 aliphatic rings. The highest BCUT2D eigenvalue weighted by Crippen LogP contribution is 2.24. The van der Waals surface area contributed by atoms with Gasteiger partial charge < -0.3 is 15.2 Å². The maximum absolute atomic E-state index is 13.4. The molecule has 0 spiro atoms. The van der Waals surface area contributed by atoms with Gasteiger partial charge in [-0.25, -0.2) is 9.37 Å². The van der Waals surface area contributed by atoms with Crippen molar-refractivity contribution in [2.75, 3.05) is 25.4 Å². The Morgan fingerprint density at radius 2 is 2.00 bits per heavy atom. The Morgan fingerprint density at radius 3 is 2.74 bits per heavy atom. The third-order valence-corrected chi connectivity index (χ3v) is 3.95. The van der Waals surface area contributed by atoms with Crippen LogP contribution in [0.3, 0.4) is 0 Å². The van der Waals surface area contributed by atoms with Crippen molar-refractivity contribution in [3.05, 3.63) is 23.0 Å². The summed E-state index contributed by atoms with van der Waals surface area (Å²) in [6.45, 7) is 3.97. The average Bonchev–Trinajstić information content (AvgIpc) is 2.96. The zero-order valence-electron chi connectivity index (χ0n) is 10.6. The molecule has 1 aliphatic heterocycles. The smallest absolute Gasteiger partial charge is 0.201 e. The van der Waals surface area contributed by atoms with Crippen LogP contribution in [0.2, 0.25) is 5.02 Å². The highest BCUT2D eigenvalue weighted by Gasteiger charge is 2.15. The maximum Gasteiger partial charge on any atom is 0.201 e. The van der Waals surface area contributed by atoms with Gasteiger partial charge in [0.1, 0.15) is 5.82 Å². The third-order valence-electron chi connectivity index (χ3n) is 3.66. The number of nitrogens with zero attached hydrogens (tertiary/aromatic N) is 3. The molecule has 6 heteroatoms. The van der Waals surface area contributed by atoms with Crippen LogP contribution in [0.25, 0.3) is 11.0 Å². The largest absolute Gasteiger partial charge is 0.369 e. The summed E-state index contributed by atoms with van der Waals surface area (Å²) < 4.78 is 15.3. The van der Waals surface area contributed by atoms with Crippen molar-refractivity contribution in [1.29, 1.82) is 0 Å². The van der Waals surface area contributed by atoms with Gasteiger partial charge in [-0.05, 0) is 32.0 Å². The van der Waals surface area contributed by atoms with Gasteiger partial charge in [0.25, 0.3) is 0 Å². The molecule has 1 aromatic carbocycles. The van der Waals surface area contributed by atoms with Crippen LogP contribution in [0.15, 0.2) is 12.1 Å². The predicted molar refractivity (Wildman–Crippen MR) is 74.8 cm³/mol. The number of fused-ring (bicyclic) bond motifs is 1. The Kier molecular flexibility index (Phi) is 3.33. The first-order valence-corrected chi connectivity index (χ1v) is 6.86. The lowest BCUT2D eigenvalue weighted by Crippen LogP contribution is -2.24. The summed E-state index contributed by atoms with van der Waals surface area (Å²) in [6.07, 6.45) is 2.52. The number of nitrogens with two attached hydrogens (primary N) is 1. The predicted octanol–water partition coefficient (Wildman–Crippen LogP) is 2.51. The fourth-order valence-electron chi connectivity index (χ4n) is 2.62. The molecule has 0 radical (unpaired) electrons. The van der Waals surface area contributed by atoms with Gasteiger partial charge in [-0.3, -0.25) is 0 Å². The minimum atomic E-state index is -0.460. The molecule has 1 fully saturated rings. The molecule has 1 saturated heterocycles. The van der Waals surface area contributed by atoms with Crippen molar-refractivity contribution in [3.63, 3.8) is 0 Å². The highest BCUT2D eigenvalue weighted by molar-refractivity contribution is 6.31. The van der Waals surface area contributed by atoms with Gasteiger partial charge in [0.15, 0.2) is 0 Å². The van der Waals surface area contributed by atoms with Crippen molar-refractivity contribution in [3.8, 4) is 0 Å². The van der Waals surface area contributed by atoms with Crippen LogP contribution in [0.4, 0.5) is 10.3 Å². The summed E-state index contributed by atoms with van der Waals surface area (Å²) in [5.41, 5.74) is 7.26. The Morgan fingerprint density at radius 1 is 1.26 bits per heavy atom. The van der Waals surface area contributed by atoms with Crippen molar-refractivity contribution in [2.45, 2.75) is 19.4 Å². The highest BCUT2D eigenvalue weighted by atomic mass is 35.5. The molecular weight excluding hydrogens is 267 g/mol. The van der Waals surface area contributed by atoms with Crippen LogP contribution in [0, 0.1) is 5.82 Å². The lowest BCUT2D eigenvalue weighted by molar-refractivity contribution is 0.325. The molecule has 4 nitrogen and oxygen atoms in total. The number of hydrogen-bond donors (Lipinski definition) is 1. The van der Waals surface area contributed by atoms with Gasteiger partial charge in [0, 0.05) is 19.2 Å². The van der Waals surface area contributed by atoms with Crippen LogP contribution in [-0.2, 0) is 6.54 Å². The van der Waals surface area contributed by atoms with Crippen LogP contribution in [0.1, 0.15) is 12.8 Å². The second kappa shape index (κ2) is 4.98. The first-order chi connectivity index (χ1) is 9.15. The van der Waals surface area contributed by atoms with E-state index in [4.69, 9.17) is 17.3 Å². The molecule has 0 amide bonds. The van der Waals surface area contributed by atoms with Gasteiger partial charge in [-0.1, -0.05) is 11.6 Å². The molecule has 3 rings (SSSR count). The number of nitrogen functional groups attached to an aromatic ring is 1. The first kappa shape index (κ1) is 12.7. The van der Waals surface area contributed by atoms with Gasteiger partial charge in [0.2, 0.25) is 5.95 Å². The van der Waals surface area contributed by atoms with E-state index >= 15 is 0 Å². The Labute approximate surface area is 116 Å². The van der Waals surface area contributed by atoms with Crippen LogP contribution >= 0.6 is 11.6 Å². The fourth-order valence-corrected chi connectivity index (χ4v) is 2.78. The summed E-state index contributed by atoms with van der Waals surface area (Å²) in [6, 6.07) is 2.93. The molecule has 19 heavy (non-hydrogen) atoms. The quantitative estimate of drug-likeness (QED) is 0.941. The summed E-state index contributed by atoms with van der Waals surface area (Å²) >= 11 is 5.83. The molecule has 1 aromatic heterocycles. The minimum absolute atomic E-state index is 0.106. The fraction of sp³-hybridized carbons (Fsp3) is 0.462. The van der Waals surface area contributed by atoms with E-state index in [1.165, 1.54) is 18.9 Å². The van der Waals surface area contributed by atoms with E-state index in [1.54, 1.807) is 6.07 Å². The normalized spacial score (nSPS) is 16.5. The Hall–Kier alpha value is -1.33. The molecule has 2 heterocycles. The number of hydrogen-bond acceptors (Lipinski definition) is 3. The number of imidazole rings is 1. The number of likely N-dealkylation sites (tertiary alicyclic amines) is 1. The summed E-state index contributed by atoms with van der Waals surface area (Å²) in [5.74, 6) is -0.0470. The molecule has 0 atom stereocenters. The van der Waals surface area contributed by atoms with Gasteiger partial charge in [-0.2, -0.15) is 0 Å². The van der Waals surface area contributed by atoms with E-state index in [-0.39, 0.29) is 5.02 Å². The first-order valence-electron chi connectivity index (χ1n) is 6.48. The van der Waals surface area contributed by atoms with Crippen LogP contribution < -0.4 is 5.73 Å². The summed E-state index contributed by atoms with van der Waals surface area (Å²) in [4.78, 5) is 6.58. The SMILES string of the molecule is Nc1nc2cc(F)c(Cl)cc2n1CCN1CCCC1. The average molecular weight is 283 g/mol. The maximum atomic E-state index is 13.4. The standard InChI is InChI=1S/C13H16ClFN4/c14-9-7-12-11(8-10(9)15)17-13(16)19(12)6-5-18-3-1-2-4-18/h7-8H,1-6H2,(H2,16,17). The molecule has 0 aliphatic carbocycles. The monoisotopic (exact) mass is 282 g/mol. The topological polar surface area (TPSA) is 47.1 Å². The molecule has 0 saturated carbocycles. The number of anilines is 1. The Balaban J connectivity index is 1.89. The summed E-state index contributed by atoms with van der Waals surface area (Å²) in [5, 5.41) is 0.106. The van der Waals surface area contributed by atoms with Gasteiger partial charge in [-0.15, -0.1) is 0 Å². The van der Waals surface area contributed by atoms with E-state index in [9.17, 15) is 4.39 Å². The lowest BCUT2D eigenvalue weighted by Gasteiger charge is -2.15. The summed E-state index contributed by atoms with van der Waals surface area (Å²) in [7, 11) is 0. The van der Waals surface area contributed by atoms with Crippen molar-refractivity contribution in [1.82, 2.24) is 14.5 Å².